The molecule has 0 radical (unpaired) electrons. The molecule has 1 aliphatic rings. The number of amides is 1. The summed E-state index contributed by atoms with van der Waals surface area (Å²) < 4.78 is 5.13. The van der Waals surface area contributed by atoms with Crippen molar-refractivity contribution in [2.45, 2.75) is 31.7 Å². The number of nitrogens with one attached hydrogen (secondary N) is 2. The summed E-state index contributed by atoms with van der Waals surface area (Å²) in [6.45, 7) is 0.927. The van der Waals surface area contributed by atoms with E-state index in [0.29, 0.717) is 0 Å². The highest BCUT2D eigenvalue weighted by Crippen LogP contribution is 2.17. The van der Waals surface area contributed by atoms with Crippen molar-refractivity contribution in [1.82, 2.24) is 5.32 Å². The standard InChI is InChI=1S/C14H20N2O2/c1-18-12-7-5-6-11(10-12)16-14(17)13-8-3-2-4-9-15-13/h5-7,10,13,15H,2-4,8-9H2,1H3,(H,16,17). The fourth-order valence-electron chi connectivity index (χ4n) is 2.18. The Balaban J connectivity index is 1.96. The average Bonchev–Trinajstić information content (AvgIpc) is 2.68. The van der Waals surface area contributed by atoms with Gasteiger partial charge in [-0.2, -0.15) is 0 Å². The van der Waals surface area contributed by atoms with E-state index in [0.717, 1.165) is 37.2 Å². The molecule has 1 atom stereocenters. The predicted molar refractivity (Wildman–Crippen MR) is 71.9 cm³/mol. The van der Waals surface area contributed by atoms with Crippen LogP contribution in [0.5, 0.6) is 5.75 Å². The molecule has 1 saturated heterocycles. The van der Waals surface area contributed by atoms with Gasteiger partial charge >= 0.3 is 0 Å². The zero-order valence-electron chi connectivity index (χ0n) is 10.7. The molecule has 0 aliphatic carbocycles. The van der Waals surface area contributed by atoms with Crippen LogP contribution in [-0.4, -0.2) is 25.6 Å². The lowest BCUT2D eigenvalue weighted by molar-refractivity contribution is -0.118. The topological polar surface area (TPSA) is 50.4 Å². The van der Waals surface area contributed by atoms with Crippen LogP contribution in [0, 0.1) is 0 Å². The molecule has 1 heterocycles. The van der Waals surface area contributed by atoms with E-state index in [-0.39, 0.29) is 11.9 Å². The van der Waals surface area contributed by atoms with Crippen LogP contribution in [0.2, 0.25) is 0 Å². The van der Waals surface area contributed by atoms with Crippen LogP contribution < -0.4 is 15.4 Å². The maximum atomic E-state index is 12.1. The van der Waals surface area contributed by atoms with Crippen molar-refractivity contribution in [3.63, 3.8) is 0 Å². The van der Waals surface area contributed by atoms with E-state index in [4.69, 9.17) is 4.74 Å². The Morgan fingerprint density at radius 1 is 1.39 bits per heavy atom. The number of ether oxygens (including phenoxy) is 1. The first-order valence-electron chi connectivity index (χ1n) is 6.48. The molecule has 1 amide bonds. The third kappa shape index (κ3) is 3.47. The highest BCUT2D eigenvalue weighted by Gasteiger charge is 2.19. The molecule has 1 fully saturated rings. The van der Waals surface area contributed by atoms with Gasteiger partial charge in [-0.3, -0.25) is 4.79 Å². The number of carbonyl (C=O) groups is 1. The molecule has 1 unspecified atom stereocenters. The molecule has 2 N–H and O–H groups in total. The third-order valence-electron chi connectivity index (χ3n) is 3.21. The summed E-state index contributed by atoms with van der Waals surface area (Å²) in [6, 6.07) is 7.36. The van der Waals surface area contributed by atoms with Crippen molar-refractivity contribution in [3.8, 4) is 5.75 Å². The van der Waals surface area contributed by atoms with Crippen LogP contribution >= 0.6 is 0 Å². The Kier molecular flexibility index (Phi) is 4.59. The van der Waals surface area contributed by atoms with Crippen molar-refractivity contribution in [2.75, 3.05) is 19.0 Å². The van der Waals surface area contributed by atoms with Crippen molar-refractivity contribution in [1.29, 1.82) is 0 Å². The Hall–Kier alpha value is -1.55. The summed E-state index contributed by atoms with van der Waals surface area (Å²) in [4.78, 5) is 12.1. The second-order valence-corrected chi connectivity index (χ2v) is 4.58. The summed E-state index contributed by atoms with van der Waals surface area (Å²) >= 11 is 0. The highest BCUT2D eigenvalue weighted by atomic mass is 16.5. The van der Waals surface area contributed by atoms with E-state index in [1.807, 2.05) is 24.3 Å². The Labute approximate surface area is 108 Å². The maximum Gasteiger partial charge on any atom is 0.241 e. The molecule has 1 aliphatic heterocycles. The van der Waals surface area contributed by atoms with Gasteiger partial charge in [0.2, 0.25) is 5.91 Å². The minimum atomic E-state index is -0.0706. The van der Waals surface area contributed by atoms with Gasteiger partial charge < -0.3 is 15.4 Å². The van der Waals surface area contributed by atoms with Crippen molar-refractivity contribution < 1.29 is 9.53 Å². The largest absolute Gasteiger partial charge is 0.497 e. The van der Waals surface area contributed by atoms with E-state index in [1.165, 1.54) is 6.42 Å². The van der Waals surface area contributed by atoms with Gasteiger partial charge in [0, 0.05) is 11.8 Å². The first-order chi connectivity index (χ1) is 8.79. The summed E-state index contributed by atoms with van der Waals surface area (Å²) in [5.41, 5.74) is 0.783. The summed E-state index contributed by atoms with van der Waals surface area (Å²) in [6.07, 6.45) is 4.39. The second kappa shape index (κ2) is 6.40. The fraction of sp³-hybridized carbons (Fsp3) is 0.500. The number of anilines is 1. The molecule has 1 aromatic rings. The molecule has 18 heavy (non-hydrogen) atoms. The number of benzene rings is 1. The quantitative estimate of drug-likeness (QED) is 0.862. The lowest BCUT2D eigenvalue weighted by Gasteiger charge is -2.15. The van der Waals surface area contributed by atoms with Crippen molar-refractivity contribution in [3.05, 3.63) is 24.3 Å². The van der Waals surface area contributed by atoms with Gasteiger partial charge in [0.15, 0.2) is 0 Å². The zero-order chi connectivity index (χ0) is 12.8. The van der Waals surface area contributed by atoms with Crippen LogP contribution in [-0.2, 0) is 4.79 Å². The minimum Gasteiger partial charge on any atom is -0.497 e. The van der Waals surface area contributed by atoms with E-state index < -0.39 is 0 Å². The molecular formula is C14H20N2O2. The Morgan fingerprint density at radius 2 is 2.28 bits per heavy atom. The second-order valence-electron chi connectivity index (χ2n) is 4.58. The molecule has 0 spiro atoms. The molecule has 4 nitrogen and oxygen atoms in total. The van der Waals surface area contributed by atoms with Crippen LogP contribution in [0.4, 0.5) is 5.69 Å². The summed E-state index contributed by atoms with van der Waals surface area (Å²) in [5, 5.41) is 6.22. The first-order valence-corrected chi connectivity index (χ1v) is 6.48. The van der Waals surface area contributed by atoms with Crippen LogP contribution in [0.25, 0.3) is 0 Å². The maximum absolute atomic E-state index is 12.1. The molecule has 98 valence electrons. The van der Waals surface area contributed by atoms with E-state index in [9.17, 15) is 4.79 Å². The van der Waals surface area contributed by atoms with Gasteiger partial charge in [0.25, 0.3) is 0 Å². The van der Waals surface area contributed by atoms with Crippen molar-refractivity contribution in [2.24, 2.45) is 0 Å². The SMILES string of the molecule is COc1cccc(NC(=O)C2CCCCCN2)c1. The molecule has 0 saturated carbocycles. The van der Waals surface area contributed by atoms with E-state index in [2.05, 4.69) is 10.6 Å². The molecule has 0 aromatic heterocycles. The molecule has 1 aromatic carbocycles. The highest BCUT2D eigenvalue weighted by molar-refractivity contribution is 5.95. The van der Waals surface area contributed by atoms with Gasteiger partial charge in [-0.05, 0) is 31.5 Å². The van der Waals surface area contributed by atoms with Gasteiger partial charge in [-0.15, -0.1) is 0 Å². The summed E-state index contributed by atoms with van der Waals surface area (Å²) in [7, 11) is 1.62. The lowest BCUT2D eigenvalue weighted by Crippen LogP contribution is -2.39. The molecular weight excluding hydrogens is 228 g/mol. The van der Waals surface area contributed by atoms with E-state index >= 15 is 0 Å². The summed E-state index contributed by atoms with van der Waals surface area (Å²) in [5.74, 6) is 0.798. The normalized spacial score (nSPS) is 19.9. The molecule has 4 heteroatoms. The molecule has 0 bridgehead atoms. The van der Waals surface area contributed by atoms with Gasteiger partial charge in [0.05, 0.1) is 13.2 Å². The monoisotopic (exact) mass is 248 g/mol. The first kappa shape index (κ1) is 12.9. The van der Waals surface area contributed by atoms with E-state index in [1.54, 1.807) is 7.11 Å². The Morgan fingerprint density at radius 3 is 3.11 bits per heavy atom. The number of hydrogen-bond acceptors (Lipinski definition) is 3. The zero-order valence-corrected chi connectivity index (χ0v) is 10.7. The number of rotatable bonds is 3. The average molecular weight is 248 g/mol. The smallest absolute Gasteiger partial charge is 0.241 e. The number of methoxy groups -OCH3 is 1. The van der Waals surface area contributed by atoms with Crippen molar-refractivity contribution >= 4 is 11.6 Å². The van der Waals surface area contributed by atoms with Gasteiger partial charge in [-0.25, -0.2) is 0 Å². The third-order valence-corrected chi connectivity index (χ3v) is 3.21. The lowest BCUT2D eigenvalue weighted by atomic mass is 10.1. The van der Waals surface area contributed by atoms with Gasteiger partial charge in [-0.1, -0.05) is 18.9 Å². The molecule has 2 rings (SSSR count). The number of carbonyl (C=O) groups excluding carboxylic acids is 1. The van der Waals surface area contributed by atoms with Crippen LogP contribution in [0.1, 0.15) is 25.7 Å². The minimum absolute atomic E-state index is 0.0464. The van der Waals surface area contributed by atoms with Crippen LogP contribution in [0.15, 0.2) is 24.3 Å². The Bertz CT molecular complexity index is 399. The fourth-order valence-corrected chi connectivity index (χ4v) is 2.18. The number of hydrogen-bond donors (Lipinski definition) is 2. The van der Waals surface area contributed by atoms with Gasteiger partial charge in [0.1, 0.15) is 5.75 Å². The predicted octanol–water partition coefficient (Wildman–Crippen LogP) is 2.17. The van der Waals surface area contributed by atoms with Crippen LogP contribution in [0.3, 0.4) is 0 Å².